The molecule has 1 aromatic heterocycles. The molecule has 0 saturated carbocycles. The van der Waals surface area contributed by atoms with Gasteiger partial charge in [-0.05, 0) is 30.2 Å². The third-order valence-electron chi connectivity index (χ3n) is 3.87. The average molecular weight is 320 g/mol. The molecule has 6 heteroatoms. The van der Waals surface area contributed by atoms with Gasteiger partial charge < -0.3 is 14.8 Å². The fourth-order valence-electron chi connectivity index (χ4n) is 2.60. The molecule has 0 amide bonds. The maximum Gasteiger partial charge on any atom is 0.243 e. The Labute approximate surface area is 139 Å². The molecule has 2 heterocycles. The Kier molecular flexibility index (Phi) is 3.70. The molecular weight excluding hydrogens is 304 g/mol. The van der Waals surface area contributed by atoms with E-state index in [1.165, 1.54) is 0 Å². The summed E-state index contributed by atoms with van der Waals surface area (Å²) in [6.07, 6.45) is 1.67. The minimum absolute atomic E-state index is 0.276. The van der Waals surface area contributed by atoms with Crippen molar-refractivity contribution in [2.75, 3.05) is 12.1 Å². The summed E-state index contributed by atoms with van der Waals surface area (Å²) in [5, 5.41) is 11.3. The second-order valence-electron chi connectivity index (χ2n) is 5.52. The van der Waals surface area contributed by atoms with E-state index < -0.39 is 0 Å². The van der Waals surface area contributed by atoms with Crippen molar-refractivity contribution in [3.05, 3.63) is 59.8 Å². The predicted octanol–water partition coefficient (Wildman–Crippen LogP) is 3.19. The Morgan fingerprint density at radius 1 is 1.08 bits per heavy atom. The van der Waals surface area contributed by atoms with E-state index in [0.29, 0.717) is 12.5 Å². The highest BCUT2D eigenvalue weighted by Gasteiger charge is 2.13. The maximum atomic E-state index is 5.39. The molecule has 1 N–H and O–H groups in total. The number of benzene rings is 2. The number of fused-ring (bicyclic) bond motifs is 1. The van der Waals surface area contributed by atoms with Gasteiger partial charge in [-0.1, -0.05) is 30.3 Å². The molecule has 0 fully saturated rings. The summed E-state index contributed by atoms with van der Waals surface area (Å²) >= 11 is 0. The topological polar surface area (TPSA) is 69.2 Å². The molecule has 0 radical (unpaired) electrons. The van der Waals surface area contributed by atoms with Gasteiger partial charge in [0.15, 0.2) is 11.5 Å². The minimum Gasteiger partial charge on any atom is -0.454 e. The van der Waals surface area contributed by atoms with Gasteiger partial charge in [-0.15, -0.1) is 5.10 Å². The van der Waals surface area contributed by atoms with E-state index in [4.69, 9.17) is 9.47 Å². The molecule has 24 heavy (non-hydrogen) atoms. The SMILES string of the molecule is Cc1ccccc1-c1cnnc(NCc2ccc3c(c2)OCO3)n1. The van der Waals surface area contributed by atoms with Gasteiger partial charge in [0.25, 0.3) is 0 Å². The first-order valence-corrected chi connectivity index (χ1v) is 7.68. The van der Waals surface area contributed by atoms with Crippen LogP contribution in [0, 0.1) is 6.92 Å². The quantitative estimate of drug-likeness (QED) is 0.796. The Balaban J connectivity index is 1.51. The van der Waals surface area contributed by atoms with E-state index in [-0.39, 0.29) is 6.79 Å². The number of aromatic nitrogens is 3. The van der Waals surface area contributed by atoms with Crippen molar-refractivity contribution < 1.29 is 9.47 Å². The van der Waals surface area contributed by atoms with Crippen LogP contribution >= 0.6 is 0 Å². The lowest BCUT2D eigenvalue weighted by Gasteiger charge is -2.08. The van der Waals surface area contributed by atoms with E-state index >= 15 is 0 Å². The van der Waals surface area contributed by atoms with Crippen molar-refractivity contribution in [1.29, 1.82) is 0 Å². The first-order valence-electron chi connectivity index (χ1n) is 7.68. The lowest BCUT2D eigenvalue weighted by atomic mass is 10.1. The Hall–Kier alpha value is -3.15. The second kappa shape index (κ2) is 6.16. The van der Waals surface area contributed by atoms with Crippen LogP contribution in [0.5, 0.6) is 11.5 Å². The fourth-order valence-corrected chi connectivity index (χ4v) is 2.60. The molecule has 1 aliphatic heterocycles. The van der Waals surface area contributed by atoms with Gasteiger partial charge in [0.1, 0.15) is 0 Å². The minimum atomic E-state index is 0.276. The van der Waals surface area contributed by atoms with Crippen molar-refractivity contribution >= 4 is 5.95 Å². The molecule has 4 rings (SSSR count). The van der Waals surface area contributed by atoms with Crippen LogP contribution in [-0.4, -0.2) is 22.0 Å². The summed E-state index contributed by atoms with van der Waals surface area (Å²) in [4.78, 5) is 4.55. The Morgan fingerprint density at radius 2 is 1.96 bits per heavy atom. The predicted molar refractivity (Wildman–Crippen MR) is 89.9 cm³/mol. The zero-order chi connectivity index (χ0) is 16.4. The monoisotopic (exact) mass is 320 g/mol. The fraction of sp³-hybridized carbons (Fsp3) is 0.167. The van der Waals surface area contributed by atoms with Crippen LogP contribution in [0.25, 0.3) is 11.3 Å². The number of ether oxygens (including phenoxy) is 2. The van der Waals surface area contributed by atoms with Crippen LogP contribution in [0.3, 0.4) is 0 Å². The summed E-state index contributed by atoms with van der Waals surface area (Å²) in [5.41, 5.74) is 4.07. The van der Waals surface area contributed by atoms with E-state index in [1.807, 2.05) is 36.4 Å². The van der Waals surface area contributed by atoms with Crippen molar-refractivity contribution in [2.24, 2.45) is 0 Å². The van der Waals surface area contributed by atoms with Gasteiger partial charge in [-0.25, -0.2) is 4.98 Å². The van der Waals surface area contributed by atoms with E-state index in [1.54, 1.807) is 6.20 Å². The largest absolute Gasteiger partial charge is 0.454 e. The van der Waals surface area contributed by atoms with Gasteiger partial charge in [0.2, 0.25) is 12.7 Å². The molecule has 0 bridgehead atoms. The highest BCUT2D eigenvalue weighted by atomic mass is 16.7. The number of hydrogen-bond acceptors (Lipinski definition) is 6. The molecular formula is C18H16N4O2. The molecule has 0 aliphatic carbocycles. The van der Waals surface area contributed by atoms with Crippen molar-refractivity contribution in [2.45, 2.75) is 13.5 Å². The number of aryl methyl sites for hydroxylation is 1. The average Bonchev–Trinajstić information content (AvgIpc) is 3.08. The van der Waals surface area contributed by atoms with Gasteiger partial charge in [0.05, 0.1) is 11.9 Å². The number of nitrogens with zero attached hydrogens (tertiary/aromatic N) is 3. The molecule has 0 unspecified atom stereocenters. The molecule has 2 aromatic carbocycles. The lowest BCUT2D eigenvalue weighted by molar-refractivity contribution is 0.174. The molecule has 6 nitrogen and oxygen atoms in total. The van der Waals surface area contributed by atoms with Crippen molar-refractivity contribution in [3.63, 3.8) is 0 Å². The number of nitrogens with one attached hydrogen (secondary N) is 1. The standard InChI is InChI=1S/C18H16N4O2/c1-12-4-2-3-5-14(12)15-10-20-22-18(21-15)19-9-13-6-7-16-17(8-13)24-11-23-16/h2-8,10H,9,11H2,1H3,(H,19,21,22). The molecule has 1 aliphatic rings. The number of rotatable bonds is 4. The van der Waals surface area contributed by atoms with Gasteiger partial charge in [-0.2, -0.15) is 5.10 Å². The first-order chi connectivity index (χ1) is 11.8. The number of hydrogen-bond donors (Lipinski definition) is 1. The van der Waals surface area contributed by atoms with Crippen LogP contribution in [0.1, 0.15) is 11.1 Å². The van der Waals surface area contributed by atoms with Gasteiger partial charge in [-0.3, -0.25) is 0 Å². The summed E-state index contributed by atoms with van der Waals surface area (Å²) in [6, 6.07) is 13.9. The van der Waals surface area contributed by atoms with Crippen molar-refractivity contribution in [3.8, 4) is 22.8 Å². The second-order valence-corrected chi connectivity index (χ2v) is 5.52. The van der Waals surface area contributed by atoms with Gasteiger partial charge in [0, 0.05) is 12.1 Å². The lowest BCUT2D eigenvalue weighted by Crippen LogP contribution is -2.05. The normalized spacial score (nSPS) is 12.2. The highest BCUT2D eigenvalue weighted by Crippen LogP contribution is 2.32. The molecule has 0 saturated heterocycles. The highest BCUT2D eigenvalue weighted by molar-refractivity contribution is 5.63. The summed E-state index contributed by atoms with van der Waals surface area (Å²) in [6.45, 7) is 2.91. The Bertz CT molecular complexity index is 882. The number of anilines is 1. The van der Waals surface area contributed by atoms with E-state index in [0.717, 1.165) is 33.9 Å². The smallest absolute Gasteiger partial charge is 0.243 e. The summed E-state index contributed by atoms with van der Waals surface area (Å²) in [7, 11) is 0. The van der Waals surface area contributed by atoms with Crippen LogP contribution in [-0.2, 0) is 6.54 Å². The summed E-state index contributed by atoms with van der Waals surface area (Å²) < 4.78 is 10.7. The molecule has 120 valence electrons. The molecule has 0 spiro atoms. The van der Waals surface area contributed by atoms with Crippen LogP contribution in [0.15, 0.2) is 48.7 Å². The van der Waals surface area contributed by atoms with Gasteiger partial charge >= 0.3 is 0 Å². The third kappa shape index (κ3) is 2.86. The maximum absolute atomic E-state index is 5.39. The van der Waals surface area contributed by atoms with Crippen LogP contribution in [0.4, 0.5) is 5.95 Å². The first kappa shape index (κ1) is 14.4. The van der Waals surface area contributed by atoms with E-state index in [2.05, 4.69) is 33.5 Å². The Morgan fingerprint density at radius 3 is 2.88 bits per heavy atom. The zero-order valence-electron chi connectivity index (χ0n) is 13.2. The van der Waals surface area contributed by atoms with Crippen LogP contribution < -0.4 is 14.8 Å². The van der Waals surface area contributed by atoms with Crippen molar-refractivity contribution in [1.82, 2.24) is 15.2 Å². The zero-order valence-corrected chi connectivity index (χ0v) is 13.2. The molecule has 3 aromatic rings. The molecule has 0 atom stereocenters. The van der Waals surface area contributed by atoms with Crippen LogP contribution in [0.2, 0.25) is 0 Å². The van der Waals surface area contributed by atoms with E-state index in [9.17, 15) is 0 Å². The summed E-state index contributed by atoms with van der Waals surface area (Å²) in [5.74, 6) is 2.04. The third-order valence-corrected chi connectivity index (χ3v) is 3.87.